The van der Waals surface area contributed by atoms with Crippen LogP contribution < -0.4 is 4.74 Å². The summed E-state index contributed by atoms with van der Waals surface area (Å²) in [6, 6.07) is 31.7. The molecule has 0 aliphatic heterocycles. The normalized spacial score (nSPS) is 10.8. The average molecular weight is 428 g/mol. The number of esters is 1. The highest BCUT2D eigenvalue weighted by Gasteiger charge is 2.20. The quantitative estimate of drug-likeness (QED) is 0.250. The fourth-order valence-electron chi connectivity index (χ4n) is 3.54. The van der Waals surface area contributed by atoms with Crippen LogP contribution in [0.5, 0.6) is 5.75 Å². The highest BCUT2D eigenvalue weighted by atomic mass is 16.6. The molecular weight excluding hydrogens is 402 g/mol. The van der Waals surface area contributed by atoms with E-state index in [2.05, 4.69) is 29.4 Å². The van der Waals surface area contributed by atoms with Crippen molar-refractivity contribution < 1.29 is 18.8 Å². The maximum atomic E-state index is 11.9. The Kier molecular flexibility index (Phi) is 7.32. The van der Waals surface area contributed by atoms with E-state index in [9.17, 15) is 4.79 Å². The van der Waals surface area contributed by atoms with Crippen molar-refractivity contribution in [1.29, 1.82) is 0 Å². The lowest BCUT2D eigenvalue weighted by Gasteiger charge is -2.15. The monoisotopic (exact) mass is 427 g/mol. The first-order valence-corrected chi connectivity index (χ1v) is 10.7. The molecule has 0 fully saturated rings. The number of benzene rings is 3. The standard InChI is InChI=1S/C27H25NO4/c29-26(20-31-23-15-8-3-9-16-23)30-18-10-17-24-19-25(28-32-24)27(21-11-4-1-5-12-21)22-13-6-2-7-14-22/h1-9,11-16,19,27H,10,17-18,20H2. The molecule has 0 N–H and O–H groups in total. The summed E-state index contributed by atoms with van der Waals surface area (Å²) in [4.78, 5) is 11.9. The molecule has 1 aromatic heterocycles. The van der Waals surface area contributed by atoms with Crippen LogP contribution in [0.15, 0.2) is 102 Å². The summed E-state index contributed by atoms with van der Waals surface area (Å²) in [5.74, 6) is 1.03. The maximum absolute atomic E-state index is 11.9. The number of nitrogens with zero attached hydrogens (tertiary/aromatic N) is 1. The molecule has 0 spiro atoms. The van der Waals surface area contributed by atoms with Gasteiger partial charge < -0.3 is 14.0 Å². The van der Waals surface area contributed by atoms with Crippen LogP contribution >= 0.6 is 0 Å². The van der Waals surface area contributed by atoms with Crippen LogP contribution in [-0.2, 0) is 16.0 Å². The van der Waals surface area contributed by atoms with Crippen LogP contribution in [0.1, 0.15) is 34.9 Å². The van der Waals surface area contributed by atoms with Crippen LogP contribution in [0.4, 0.5) is 0 Å². The number of ether oxygens (including phenoxy) is 2. The van der Waals surface area contributed by atoms with E-state index in [1.165, 1.54) is 0 Å². The summed E-state index contributed by atoms with van der Waals surface area (Å²) in [6.45, 7) is 0.195. The number of hydrogen-bond acceptors (Lipinski definition) is 5. The van der Waals surface area contributed by atoms with Crippen molar-refractivity contribution in [3.63, 3.8) is 0 Å². The number of para-hydroxylation sites is 1. The Bertz CT molecular complexity index is 1050. The van der Waals surface area contributed by atoms with Crippen molar-refractivity contribution >= 4 is 5.97 Å². The Morgan fingerprint density at radius 1 is 0.844 bits per heavy atom. The van der Waals surface area contributed by atoms with E-state index in [0.717, 1.165) is 22.6 Å². The van der Waals surface area contributed by atoms with E-state index in [-0.39, 0.29) is 18.5 Å². The summed E-state index contributed by atoms with van der Waals surface area (Å²) in [6.07, 6.45) is 1.28. The van der Waals surface area contributed by atoms with Gasteiger partial charge in [-0.2, -0.15) is 0 Å². The minimum Gasteiger partial charge on any atom is -0.482 e. The van der Waals surface area contributed by atoms with Gasteiger partial charge in [0.15, 0.2) is 6.61 Å². The Morgan fingerprint density at radius 2 is 1.44 bits per heavy atom. The van der Waals surface area contributed by atoms with E-state index in [4.69, 9.17) is 14.0 Å². The lowest BCUT2D eigenvalue weighted by molar-refractivity contribution is -0.146. The summed E-state index contributed by atoms with van der Waals surface area (Å²) < 4.78 is 16.2. The minimum atomic E-state index is -0.389. The van der Waals surface area contributed by atoms with Crippen LogP contribution in [0.25, 0.3) is 0 Å². The zero-order valence-electron chi connectivity index (χ0n) is 17.7. The highest BCUT2D eigenvalue weighted by Crippen LogP contribution is 2.31. The predicted octanol–water partition coefficient (Wildman–Crippen LogP) is 5.41. The first-order valence-electron chi connectivity index (χ1n) is 10.7. The molecule has 0 atom stereocenters. The lowest BCUT2D eigenvalue weighted by atomic mass is 9.88. The minimum absolute atomic E-state index is 0.00265. The topological polar surface area (TPSA) is 61.6 Å². The Morgan fingerprint density at radius 3 is 2.06 bits per heavy atom. The lowest BCUT2D eigenvalue weighted by Crippen LogP contribution is -2.15. The Balaban J connectivity index is 1.30. The molecular formula is C27H25NO4. The molecule has 4 rings (SSSR count). The number of rotatable bonds is 10. The molecule has 1 heterocycles. The number of carbonyl (C=O) groups excluding carboxylic acids is 1. The summed E-state index contributed by atoms with van der Waals surface area (Å²) >= 11 is 0. The van der Waals surface area contributed by atoms with Gasteiger partial charge in [0.1, 0.15) is 11.5 Å². The number of hydrogen-bond donors (Lipinski definition) is 0. The second kappa shape index (κ2) is 11.0. The van der Waals surface area contributed by atoms with Crippen molar-refractivity contribution in [3.05, 3.63) is 120 Å². The van der Waals surface area contributed by atoms with E-state index in [1.54, 1.807) is 12.1 Å². The molecule has 5 nitrogen and oxygen atoms in total. The van der Waals surface area contributed by atoms with E-state index < -0.39 is 0 Å². The molecule has 32 heavy (non-hydrogen) atoms. The SMILES string of the molecule is O=C(COc1ccccc1)OCCCc1cc(C(c2ccccc2)c2ccccc2)no1. The van der Waals surface area contributed by atoms with Gasteiger partial charge in [0.25, 0.3) is 0 Å². The Labute approximate surface area is 187 Å². The number of carbonyl (C=O) groups is 1. The van der Waals surface area contributed by atoms with Crippen LogP contribution in [0, 0.1) is 0 Å². The van der Waals surface area contributed by atoms with Crippen molar-refractivity contribution in [1.82, 2.24) is 5.16 Å². The fraction of sp³-hybridized carbons (Fsp3) is 0.185. The fourth-order valence-corrected chi connectivity index (χ4v) is 3.54. The van der Waals surface area contributed by atoms with Gasteiger partial charge in [-0.25, -0.2) is 4.79 Å². The zero-order chi connectivity index (χ0) is 22.0. The first kappa shape index (κ1) is 21.4. The second-order valence-corrected chi connectivity index (χ2v) is 7.40. The molecule has 0 saturated carbocycles. The van der Waals surface area contributed by atoms with Crippen LogP contribution in [0.3, 0.4) is 0 Å². The summed E-state index contributed by atoms with van der Waals surface area (Å²) in [5.41, 5.74) is 3.18. The van der Waals surface area contributed by atoms with Gasteiger partial charge in [0.2, 0.25) is 0 Å². The van der Waals surface area contributed by atoms with Crippen molar-refractivity contribution in [3.8, 4) is 5.75 Å². The number of aryl methyl sites for hydroxylation is 1. The predicted molar refractivity (Wildman–Crippen MR) is 122 cm³/mol. The maximum Gasteiger partial charge on any atom is 0.344 e. The third-order valence-corrected chi connectivity index (χ3v) is 5.07. The van der Waals surface area contributed by atoms with Crippen LogP contribution in [-0.4, -0.2) is 24.3 Å². The van der Waals surface area contributed by atoms with Gasteiger partial charge in [-0.3, -0.25) is 0 Å². The van der Waals surface area contributed by atoms with E-state index in [0.29, 0.717) is 25.2 Å². The molecule has 5 heteroatoms. The molecule has 4 aromatic rings. The Hall–Kier alpha value is -3.86. The van der Waals surface area contributed by atoms with Crippen molar-refractivity contribution in [2.45, 2.75) is 18.8 Å². The third kappa shape index (κ3) is 5.85. The number of aromatic nitrogens is 1. The van der Waals surface area contributed by atoms with E-state index >= 15 is 0 Å². The first-order chi connectivity index (χ1) is 15.8. The van der Waals surface area contributed by atoms with Gasteiger partial charge in [0.05, 0.1) is 18.2 Å². The van der Waals surface area contributed by atoms with Crippen molar-refractivity contribution in [2.24, 2.45) is 0 Å². The molecule has 3 aromatic carbocycles. The molecule has 0 aliphatic rings. The smallest absolute Gasteiger partial charge is 0.344 e. The summed E-state index contributed by atoms with van der Waals surface area (Å²) in [7, 11) is 0. The van der Waals surface area contributed by atoms with E-state index in [1.807, 2.05) is 60.7 Å². The molecule has 162 valence electrons. The molecule has 0 aliphatic carbocycles. The summed E-state index contributed by atoms with van der Waals surface area (Å²) in [5, 5.41) is 4.34. The van der Waals surface area contributed by atoms with Crippen molar-refractivity contribution in [2.75, 3.05) is 13.2 Å². The van der Waals surface area contributed by atoms with Gasteiger partial charge >= 0.3 is 5.97 Å². The van der Waals surface area contributed by atoms with Gasteiger partial charge in [-0.15, -0.1) is 0 Å². The molecule has 0 unspecified atom stereocenters. The molecule has 0 bridgehead atoms. The largest absolute Gasteiger partial charge is 0.482 e. The highest BCUT2D eigenvalue weighted by molar-refractivity contribution is 5.71. The van der Waals surface area contributed by atoms with Gasteiger partial charge in [-0.05, 0) is 29.7 Å². The third-order valence-electron chi connectivity index (χ3n) is 5.07. The second-order valence-electron chi connectivity index (χ2n) is 7.40. The molecule has 0 saturated heterocycles. The van der Waals surface area contributed by atoms with Gasteiger partial charge in [-0.1, -0.05) is 84.0 Å². The van der Waals surface area contributed by atoms with Crippen LogP contribution in [0.2, 0.25) is 0 Å². The average Bonchev–Trinajstić information content (AvgIpc) is 3.31. The molecule has 0 amide bonds. The molecule has 0 radical (unpaired) electrons. The van der Waals surface area contributed by atoms with Gasteiger partial charge in [0, 0.05) is 12.5 Å². The zero-order valence-corrected chi connectivity index (χ0v) is 17.7.